The molecule has 3 rings (SSSR count). The van der Waals surface area contributed by atoms with Crippen molar-refractivity contribution in [2.75, 3.05) is 11.9 Å². The normalized spacial score (nSPS) is 10.6. The Bertz CT molecular complexity index is 906. The highest BCUT2D eigenvalue weighted by atomic mass is 35.5. The lowest BCUT2D eigenvalue weighted by Gasteiger charge is -2.08. The topological polar surface area (TPSA) is 51.2 Å². The van der Waals surface area contributed by atoms with Crippen molar-refractivity contribution in [1.29, 1.82) is 0 Å². The van der Waals surface area contributed by atoms with Crippen molar-refractivity contribution in [2.24, 2.45) is 0 Å². The van der Waals surface area contributed by atoms with Gasteiger partial charge >= 0.3 is 0 Å². The number of aromatic nitrogens is 1. The van der Waals surface area contributed by atoms with Gasteiger partial charge in [0.2, 0.25) is 0 Å². The Hall–Kier alpha value is -2.37. The largest absolute Gasteiger partial charge is 0.483 e. The van der Waals surface area contributed by atoms with Gasteiger partial charge in [0.25, 0.3) is 5.91 Å². The average Bonchev–Trinajstić information content (AvgIpc) is 3.09. The standard InChI is InChI=1S/C20H19ClN2O2S/c1-3-14-4-6-15(7-5-14)17-12-26-20(22-17)23-19(24)11-25-18-9-8-16(21)10-13(18)2/h4-10,12H,3,11H2,1-2H3,(H,22,23,24). The van der Waals surface area contributed by atoms with Gasteiger partial charge in [-0.25, -0.2) is 4.98 Å². The van der Waals surface area contributed by atoms with Crippen LogP contribution in [0.5, 0.6) is 5.75 Å². The molecule has 1 N–H and O–H groups in total. The summed E-state index contributed by atoms with van der Waals surface area (Å²) in [6.45, 7) is 3.93. The highest BCUT2D eigenvalue weighted by molar-refractivity contribution is 7.14. The lowest BCUT2D eigenvalue weighted by Crippen LogP contribution is -2.20. The Morgan fingerprint density at radius 2 is 2.00 bits per heavy atom. The molecule has 0 bridgehead atoms. The van der Waals surface area contributed by atoms with Crippen molar-refractivity contribution in [3.63, 3.8) is 0 Å². The first kappa shape index (κ1) is 18.4. The van der Waals surface area contributed by atoms with E-state index in [-0.39, 0.29) is 12.5 Å². The molecule has 0 fully saturated rings. The molecule has 134 valence electrons. The van der Waals surface area contributed by atoms with E-state index in [0.717, 1.165) is 23.2 Å². The number of ether oxygens (including phenoxy) is 1. The van der Waals surface area contributed by atoms with E-state index in [9.17, 15) is 4.79 Å². The third kappa shape index (κ3) is 4.62. The van der Waals surface area contributed by atoms with Crippen molar-refractivity contribution >= 4 is 34.0 Å². The van der Waals surface area contributed by atoms with Crippen LogP contribution in [-0.4, -0.2) is 17.5 Å². The van der Waals surface area contributed by atoms with Gasteiger partial charge in [0.1, 0.15) is 5.75 Å². The number of nitrogens with one attached hydrogen (secondary N) is 1. The van der Waals surface area contributed by atoms with Crippen molar-refractivity contribution in [1.82, 2.24) is 4.98 Å². The highest BCUT2D eigenvalue weighted by Gasteiger charge is 2.10. The van der Waals surface area contributed by atoms with E-state index in [1.807, 2.05) is 24.4 Å². The van der Waals surface area contributed by atoms with Crippen molar-refractivity contribution in [3.05, 3.63) is 64.0 Å². The Balaban J connectivity index is 1.58. The fourth-order valence-corrected chi connectivity index (χ4v) is 3.41. The van der Waals surface area contributed by atoms with E-state index in [4.69, 9.17) is 16.3 Å². The number of rotatable bonds is 6. The number of carbonyl (C=O) groups excluding carboxylic acids is 1. The third-order valence-corrected chi connectivity index (χ3v) is 4.90. The molecule has 1 heterocycles. The van der Waals surface area contributed by atoms with Gasteiger partial charge in [-0.2, -0.15) is 0 Å². The smallest absolute Gasteiger partial charge is 0.264 e. The fraction of sp³-hybridized carbons (Fsp3) is 0.200. The maximum atomic E-state index is 12.1. The van der Waals surface area contributed by atoms with Crippen LogP contribution >= 0.6 is 22.9 Å². The number of anilines is 1. The summed E-state index contributed by atoms with van der Waals surface area (Å²) in [6.07, 6.45) is 1.01. The van der Waals surface area contributed by atoms with Crippen LogP contribution in [0.3, 0.4) is 0 Å². The predicted octanol–water partition coefficient (Wildman–Crippen LogP) is 5.35. The van der Waals surface area contributed by atoms with E-state index in [1.165, 1.54) is 16.9 Å². The molecular formula is C20H19ClN2O2S. The first-order valence-electron chi connectivity index (χ1n) is 8.29. The molecule has 0 aliphatic carbocycles. The third-order valence-electron chi connectivity index (χ3n) is 3.90. The van der Waals surface area contributed by atoms with E-state index >= 15 is 0 Å². The lowest BCUT2D eigenvalue weighted by molar-refractivity contribution is -0.118. The van der Waals surface area contributed by atoms with Crippen LogP contribution in [0.15, 0.2) is 47.8 Å². The van der Waals surface area contributed by atoms with Gasteiger partial charge in [0.05, 0.1) is 5.69 Å². The SMILES string of the molecule is CCc1ccc(-c2csc(NC(=O)COc3ccc(Cl)cc3C)n2)cc1. The van der Waals surface area contributed by atoms with E-state index in [2.05, 4.69) is 29.4 Å². The molecule has 0 saturated carbocycles. The number of hydrogen-bond acceptors (Lipinski definition) is 4. The quantitative estimate of drug-likeness (QED) is 0.621. The van der Waals surface area contributed by atoms with Crippen LogP contribution in [0.1, 0.15) is 18.1 Å². The number of nitrogens with zero attached hydrogens (tertiary/aromatic N) is 1. The molecule has 1 amide bonds. The Morgan fingerprint density at radius 1 is 1.23 bits per heavy atom. The van der Waals surface area contributed by atoms with Gasteiger partial charge in [0, 0.05) is 16.0 Å². The summed E-state index contributed by atoms with van der Waals surface area (Å²) in [5.74, 6) is 0.391. The molecule has 4 nitrogen and oxygen atoms in total. The van der Waals surface area contributed by atoms with Gasteiger partial charge < -0.3 is 4.74 Å². The lowest BCUT2D eigenvalue weighted by atomic mass is 10.1. The molecule has 6 heteroatoms. The zero-order valence-corrected chi connectivity index (χ0v) is 16.2. The van der Waals surface area contributed by atoms with Gasteiger partial charge in [-0.05, 0) is 42.7 Å². The van der Waals surface area contributed by atoms with Crippen molar-refractivity contribution < 1.29 is 9.53 Å². The molecule has 3 aromatic rings. The zero-order valence-electron chi connectivity index (χ0n) is 14.6. The summed E-state index contributed by atoms with van der Waals surface area (Å²) in [5, 5.41) is 5.90. The van der Waals surface area contributed by atoms with Crippen molar-refractivity contribution in [2.45, 2.75) is 20.3 Å². The number of amides is 1. The molecule has 0 saturated heterocycles. The van der Waals surface area contributed by atoms with Crippen LogP contribution in [-0.2, 0) is 11.2 Å². The molecule has 1 aromatic heterocycles. The second kappa shape index (κ2) is 8.34. The number of carbonyl (C=O) groups is 1. The van der Waals surface area contributed by atoms with Gasteiger partial charge in [0.15, 0.2) is 11.7 Å². The maximum Gasteiger partial charge on any atom is 0.264 e. The predicted molar refractivity (Wildman–Crippen MR) is 107 cm³/mol. The molecule has 0 unspecified atom stereocenters. The molecular weight excluding hydrogens is 368 g/mol. The summed E-state index contributed by atoms with van der Waals surface area (Å²) < 4.78 is 5.55. The zero-order chi connectivity index (χ0) is 18.5. The molecule has 2 aromatic carbocycles. The van der Waals surface area contributed by atoms with Crippen LogP contribution in [0.4, 0.5) is 5.13 Å². The Labute approximate surface area is 161 Å². The Morgan fingerprint density at radius 3 is 2.69 bits per heavy atom. The molecule has 0 aliphatic heterocycles. The monoisotopic (exact) mass is 386 g/mol. The Kier molecular flexibility index (Phi) is 5.91. The minimum absolute atomic E-state index is 0.0808. The number of hydrogen-bond donors (Lipinski definition) is 1. The maximum absolute atomic E-state index is 12.1. The summed E-state index contributed by atoms with van der Waals surface area (Å²) in [5.41, 5.74) is 4.05. The molecule has 0 atom stereocenters. The molecule has 26 heavy (non-hydrogen) atoms. The summed E-state index contributed by atoms with van der Waals surface area (Å²) in [6, 6.07) is 13.6. The summed E-state index contributed by atoms with van der Waals surface area (Å²) in [7, 11) is 0. The molecule has 0 radical (unpaired) electrons. The van der Waals surface area contributed by atoms with Crippen molar-refractivity contribution in [3.8, 4) is 17.0 Å². The van der Waals surface area contributed by atoms with E-state index < -0.39 is 0 Å². The van der Waals surface area contributed by atoms with Crippen LogP contribution in [0.25, 0.3) is 11.3 Å². The second-order valence-electron chi connectivity index (χ2n) is 5.84. The fourth-order valence-electron chi connectivity index (χ4n) is 2.45. The summed E-state index contributed by atoms with van der Waals surface area (Å²) >= 11 is 7.31. The minimum atomic E-state index is -0.249. The first-order chi connectivity index (χ1) is 12.5. The minimum Gasteiger partial charge on any atom is -0.483 e. The first-order valence-corrected chi connectivity index (χ1v) is 9.54. The van der Waals surface area contributed by atoms with E-state index in [0.29, 0.717) is 15.9 Å². The van der Waals surface area contributed by atoms with E-state index in [1.54, 1.807) is 18.2 Å². The average molecular weight is 387 g/mol. The molecule has 0 aliphatic rings. The van der Waals surface area contributed by atoms with Gasteiger partial charge in [-0.1, -0.05) is 42.8 Å². The van der Waals surface area contributed by atoms with Gasteiger partial charge in [-0.3, -0.25) is 10.1 Å². The number of thiazole rings is 1. The summed E-state index contributed by atoms with van der Waals surface area (Å²) in [4.78, 5) is 16.6. The van der Waals surface area contributed by atoms with Crippen LogP contribution in [0.2, 0.25) is 5.02 Å². The van der Waals surface area contributed by atoms with Crippen LogP contribution < -0.4 is 10.1 Å². The highest BCUT2D eigenvalue weighted by Crippen LogP contribution is 2.25. The van der Waals surface area contributed by atoms with Crippen LogP contribution in [0, 0.1) is 6.92 Å². The number of halogens is 1. The molecule has 0 spiro atoms. The second-order valence-corrected chi connectivity index (χ2v) is 7.13. The number of benzene rings is 2. The number of aryl methyl sites for hydroxylation is 2. The van der Waals surface area contributed by atoms with Gasteiger partial charge in [-0.15, -0.1) is 11.3 Å².